The Labute approximate surface area is 125 Å². The second-order valence-corrected chi connectivity index (χ2v) is 5.85. The molecule has 0 radical (unpaired) electrons. The van der Waals surface area contributed by atoms with Gasteiger partial charge in [0.05, 0.1) is 16.9 Å². The lowest BCUT2D eigenvalue weighted by Crippen LogP contribution is -2.24. The molecule has 116 valence electrons. The Balaban J connectivity index is 2.77. The normalized spacial score (nSPS) is 14.1. The fourth-order valence-electron chi connectivity index (χ4n) is 2.21. The lowest BCUT2D eigenvalue weighted by atomic mass is 9.89. The zero-order valence-corrected chi connectivity index (χ0v) is 12.6. The summed E-state index contributed by atoms with van der Waals surface area (Å²) in [5, 5.41) is 4.10. The number of hydrogen-bond acceptors (Lipinski definition) is 3. The molecule has 2 aromatic rings. The molecule has 0 amide bonds. The van der Waals surface area contributed by atoms with Gasteiger partial charge in [0, 0.05) is 17.9 Å². The van der Waals surface area contributed by atoms with Crippen LogP contribution in [0, 0.1) is 0 Å². The molecule has 0 aliphatic rings. The van der Waals surface area contributed by atoms with E-state index in [0.717, 1.165) is 0 Å². The minimum atomic E-state index is -2.60. The SMILES string of the molecule is CC(c1c(CC(F)F)c(Cl)c2cnc(N)nn12)C(C)(C)F. The van der Waals surface area contributed by atoms with Crippen LogP contribution in [-0.4, -0.2) is 26.7 Å². The molecule has 1 atom stereocenters. The maximum atomic E-state index is 14.3. The Morgan fingerprint density at radius 1 is 1.43 bits per heavy atom. The van der Waals surface area contributed by atoms with Crippen molar-refractivity contribution in [3.8, 4) is 0 Å². The van der Waals surface area contributed by atoms with E-state index < -0.39 is 24.4 Å². The van der Waals surface area contributed by atoms with Gasteiger partial charge < -0.3 is 5.73 Å². The maximum Gasteiger partial charge on any atom is 0.242 e. The molecule has 0 fully saturated rings. The van der Waals surface area contributed by atoms with Crippen molar-refractivity contribution in [3.05, 3.63) is 22.5 Å². The number of nitrogens with two attached hydrogens (primary N) is 1. The first-order valence-corrected chi connectivity index (χ1v) is 6.79. The standard InChI is InChI=1S/C13H16ClF3N4/c1-6(13(2,3)17)11-7(4-9(15)16)10(14)8-5-19-12(18)20-21(8)11/h5-6,9H,4H2,1-3H3,(H2,18,20). The lowest BCUT2D eigenvalue weighted by Gasteiger charge is -2.24. The molecule has 0 saturated heterocycles. The number of nitrogens with zero attached hydrogens (tertiary/aromatic N) is 3. The summed E-state index contributed by atoms with van der Waals surface area (Å²) in [6.45, 7) is 4.36. The molecule has 0 aliphatic carbocycles. The summed E-state index contributed by atoms with van der Waals surface area (Å²) in [4.78, 5) is 3.80. The summed E-state index contributed by atoms with van der Waals surface area (Å²) in [5.74, 6) is -0.733. The fourth-order valence-corrected chi connectivity index (χ4v) is 2.51. The van der Waals surface area contributed by atoms with Crippen LogP contribution in [0.1, 0.15) is 37.9 Å². The molecule has 2 N–H and O–H groups in total. The van der Waals surface area contributed by atoms with Gasteiger partial charge in [-0.15, -0.1) is 5.10 Å². The van der Waals surface area contributed by atoms with Gasteiger partial charge in [0.1, 0.15) is 11.2 Å². The van der Waals surface area contributed by atoms with E-state index in [4.69, 9.17) is 17.3 Å². The van der Waals surface area contributed by atoms with Gasteiger partial charge in [-0.05, 0) is 13.8 Å². The van der Waals surface area contributed by atoms with E-state index in [2.05, 4.69) is 10.1 Å². The van der Waals surface area contributed by atoms with Crippen molar-refractivity contribution >= 4 is 23.1 Å². The van der Waals surface area contributed by atoms with Gasteiger partial charge in [0.15, 0.2) is 0 Å². The van der Waals surface area contributed by atoms with Crippen molar-refractivity contribution in [1.29, 1.82) is 0 Å². The topological polar surface area (TPSA) is 56.2 Å². The van der Waals surface area contributed by atoms with Gasteiger partial charge >= 0.3 is 0 Å². The molecule has 2 rings (SSSR count). The molecule has 0 bridgehead atoms. The van der Waals surface area contributed by atoms with Crippen molar-refractivity contribution in [1.82, 2.24) is 14.6 Å². The second kappa shape index (κ2) is 5.36. The van der Waals surface area contributed by atoms with Gasteiger partial charge in [0.2, 0.25) is 12.4 Å². The molecular formula is C13H16ClF3N4. The Hall–Kier alpha value is -1.50. The van der Waals surface area contributed by atoms with Crippen LogP contribution in [0.15, 0.2) is 6.20 Å². The summed E-state index contributed by atoms with van der Waals surface area (Å²) < 4.78 is 41.3. The Kier molecular flexibility index (Phi) is 4.06. The molecule has 0 aromatic carbocycles. The van der Waals surface area contributed by atoms with Crippen molar-refractivity contribution in [2.24, 2.45) is 0 Å². The van der Waals surface area contributed by atoms with Crippen LogP contribution in [0.4, 0.5) is 19.1 Å². The van der Waals surface area contributed by atoms with Gasteiger partial charge in [-0.3, -0.25) is 0 Å². The average molecular weight is 321 g/mol. The van der Waals surface area contributed by atoms with Crippen molar-refractivity contribution in [2.75, 3.05) is 5.73 Å². The number of aromatic nitrogens is 3. The number of fused-ring (bicyclic) bond motifs is 1. The molecule has 21 heavy (non-hydrogen) atoms. The predicted molar refractivity (Wildman–Crippen MR) is 75.7 cm³/mol. The molecule has 0 saturated carbocycles. The number of hydrogen-bond donors (Lipinski definition) is 1. The van der Waals surface area contributed by atoms with E-state index in [0.29, 0.717) is 11.2 Å². The Morgan fingerprint density at radius 2 is 2.05 bits per heavy atom. The highest BCUT2D eigenvalue weighted by molar-refractivity contribution is 6.35. The lowest BCUT2D eigenvalue weighted by molar-refractivity contribution is 0.146. The van der Waals surface area contributed by atoms with Crippen LogP contribution in [0.25, 0.3) is 5.52 Å². The largest absolute Gasteiger partial charge is 0.367 e. The van der Waals surface area contributed by atoms with E-state index in [1.54, 1.807) is 6.92 Å². The second-order valence-electron chi connectivity index (χ2n) is 5.47. The maximum absolute atomic E-state index is 14.3. The smallest absolute Gasteiger partial charge is 0.242 e. The first-order valence-electron chi connectivity index (χ1n) is 6.41. The van der Waals surface area contributed by atoms with Crippen LogP contribution in [0.2, 0.25) is 5.02 Å². The van der Waals surface area contributed by atoms with Crippen LogP contribution < -0.4 is 5.73 Å². The van der Waals surface area contributed by atoms with E-state index in [9.17, 15) is 13.2 Å². The monoisotopic (exact) mass is 320 g/mol. The molecule has 1 unspecified atom stereocenters. The van der Waals surface area contributed by atoms with Gasteiger partial charge in [-0.2, -0.15) is 0 Å². The highest BCUT2D eigenvalue weighted by Crippen LogP contribution is 2.39. The van der Waals surface area contributed by atoms with E-state index in [1.165, 1.54) is 24.6 Å². The minimum Gasteiger partial charge on any atom is -0.367 e. The summed E-state index contributed by atoms with van der Waals surface area (Å²) in [7, 11) is 0. The van der Waals surface area contributed by atoms with Crippen LogP contribution in [0.3, 0.4) is 0 Å². The molecular weight excluding hydrogens is 305 g/mol. The fraction of sp³-hybridized carbons (Fsp3) is 0.538. The molecule has 0 spiro atoms. The molecule has 8 heteroatoms. The van der Waals surface area contributed by atoms with E-state index >= 15 is 0 Å². The Morgan fingerprint density at radius 3 is 2.57 bits per heavy atom. The van der Waals surface area contributed by atoms with Gasteiger partial charge in [0.25, 0.3) is 0 Å². The third kappa shape index (κ3) is 2.92. The van der Waals surface area contributed by atoms with Gasteiger partial charge in [-0.25, -0.2) is 22.7 Å². The highest BCUT2D eigenvalue weighted by Gasteiger charge is 2.33. The Bertz CT molecular complexity index is 663. The third-order valence-corrected chi connectivity index (χ3v) is 4.00. The number of alkyl halides is 3. The van der Waals surface area contributed by atoms with Crippen molar-refractivity contribution in [2.45, 2.75) is 45.2 Å². The number of anilines is 1. The van der Waals surface area contributed by atoms with Gasteiger partial charge in [-0.1, -0.05) is 18.5 Å². The zero-order valence-electron chi connectivity index (χ0n) is 11.9. The molecule has 2 aromatic heterocycles. The average Bonchev–Trinajstić information content (AvgIpc) is 2.59. The quantitative estimate of drug-likeness (QED) is 0.936. The summed E-state index contributed by atoms with van der Waals surface area (Å²) >= 11 is 6.16. The minimum absolute atomic E-state index is 0.0390. The van der Waals surface area contributed by atoms with Crippen LogP contribution in [0.5, 0.6) is 0 Å². The third-order valence-electron chi connectivity index (χ3n) is 3.58. The van der Waals surface area contributed by atoms with Crippen molar-refractivity contribution < 1.29 is 13.2 Å². The number of rotatable bonds is 4. The zero-order chi connectivity index (χ0) is 15.9. The summed E-state index contributed by atoms with van der Waals surface area (Å²) in [6, 6.07) is 0. The summed E-state index contributed by atoms with van der Waals surface area (Å²) in [5.41, 5.74) is 4.73. The highest BCUT2D eigenvalue weighted by atomic mass is 35.5. The van der Waals surface area contributed by atoms with Crippen LogP contribution in [-0.2, 0) is 6.42 Å². The predicted octanol–water partition coefficient (Wildman–Crippen LogP) is 3.62. The first kappa shape index (κ1) is 15.9. The number of nitrogen functional groups attached to an aromatic ring is 1. The number of halogens is 4. The van der Waals surface area contributed by atoms with E-state index in [-0.39, 0.29) is 16.5 Å². The molecule has 2 heterocycles. The van der Waals surface area contributed by atoms with Crippen LogP contribution >= 0.6 is 11.6 Å². The van der Waals surface area contributed by atoms with E-state index in [1.807, 2.05) is 0 Å². The first-order chi connectivity index (χ1) is 9.62. The molecule has 0 aliphatic heterocycles. The molecule has 4 nitrogen and oxygen atoms in total. The van der Waals surface area contributed by atoms with Crippen molar-refractivity contribution in [3.63, 3.8) is 0 Å². The summed E-state index contributed by atoms with van der Waals surface area (Å²) in [6.07, 6.45) is -1.82.